The van der Waals surface area contributed by atoms with Crippen LogP contribution in [0.2, 0.25) is 0 Å². The summed E-state index contributed by atoms with van der Waals surface area (Å²) < 4.78 is 18.3. The molecule has 0 heterocycles. The lowest BCUT2D eigenvalue weighted by molar-refractivity contribution is 0.129. The molecule has 0 saturated carbocycles. The fourth-order valence-corrected chi connectivity index (χ4v) is 1.10. The maximum atomic E-state index is 13.0. The number of halogens is 1. The fourth-order valence-electron chi connectivity index (χ4n) is 1.10. The van der Waals surface area contributed by atoms with E-state index in [1.807, 2.05) is 0 Å². The highest BCUT2D eigenvalue weighted by Crippen LogP contribution is 2.20. The third-order valence-corrected chi connectivity index (χ3v) is 1.85. The summed E-state index contributed by atoms with van der Waals surface area (Å²) >= 11 is 0. The number of aliphatic hydroxyl groups excluding tert-OH is 1. The van der Waals surface area contributed by atoms with Gasteiger partial charge < -0.3 is 15.6 Å². The molecule has 16 heavy (non-hydrogen) atoms. The molecule has 1 atom stereocenters. The van der Waals surface area contributed by atoms with E-state index in [4.69, 9.17) is 15.6 Å². The van der Waals surface area contributed by atoms with Gasteiger partial charge in [0.1, 0.15) is 17.7 Å². The molecule has 1 aromatic rings. The summed E-state index contributed by atoms with van der Waals surface area (Å²) in [7, 11) is 0. The van der Waals surface area contributed by atoms with Crippen LogP contribution in [0.25, 0.3) is 0 Å². The Morgan fingerprint density at radius 2 is 2.31 bits per heavy atom. The van der Waals surface area contributed by atoms with Gasteiger partial charge in [-0.2, -0.15) is 0 Å². The Morgan fingerprint density at radius 1 is 1.56 bits per heavy atom. The van der Waals surface area contributed by atoms with E-state index in [0.29, 0.717) is 11.3 Å². The predicted molar refractivity (Wildman–Crippen MR) is 59.5 cm³/mol. The Kier molecular flexibility index (Phi) is 4.77. The molecule has 3 N–H and O–H groups in total. The van der Waals surface area contributed by atoms with Gasteiger partial charge in [-0.25, -0.2) is 4.39 Å². The Balaban J connectivity index is 2.98. The Hall–Kier alpha value is -1.57. The summed E-state index contributed by atoms with van der Waals surface area (Å²) in [5.74, 6) is 5.37. The number of benzene rings is 1. The second kappa shape index (κ2) is 6.11. The van der Waals surface area contributed by atoms with Crippen LogP contribution in [-0.2, 0) is 0 Å². The summed E-state index contributed by atoms with van der Waals surface area (Å²) in [5.41, 5.74) is 5.82. The minimum absolute atomic E-state index is 0.139. The topological polar surface area (TPSA) is 55.5 Å². The first-order valence-electron chi connectivity index (χ1n) is 4.93. The second-order valence-corrected chi connectivity index (χ2v) is 3.26. The highest BCUT2D eigenvalue weighted by Gasteiger charge is 2.07. The van der Waals surface area contributed by atoms with E-state index in [1.54, 1.807) is 6.92 Å². The van der Waals surface area contributed by atoms with Crippen LogP contribution in [0.1, 0.15) is 12.5 Å². The molecule has 0 spiro atoms. The van der Waals surface area contributed by atoms with E-state index in [-0.39, 0.29) is 13.2 Å². The van der Waals surface area contributed by atoms with Crippen LogP contribution in [0.5, 0.6) is 5.75 Å². The van der Waals surface area contributed by atoms with Gasteiger partial charge in [-0.15, -0.1) is 0 Å². The molecule has 0 aromatic heterocycles. The zero-order valence-electron chi connectivity index (χ0n) is 9.03. The van der Waals surface area contributed by atoms with Gasteiger partial charge in [-0.1, -0.05) is 11.8 Å². The maximum Gasteiger partial charge on any atom is 0.138 e. The van der Waals surface area contributed by atoms with Crippen molar-refractivity contribution >= 4 is 0 Å². The lowest BCUT2D eigenvalue weighted by Crippen LogP contribution is -2.16. The molecule has 0 aliphatic carbocycles. The minimum Gasteiger partial charge on any atom is -0.487 e. The first-order valence-corrected chi connectivity index (χ1v) is 4.93. The van der Waals surface area contributed by atoms with Crippen LogP contribution in [0.3, 0.4) is 0 Å². The lowest BCUT2D eigenvalue weighted by atomic mass is 10.2. The van der Waals surface area contributed by atoms with E-state index in [9.17, 15) is 4.39 Å². The van der Waals surface area contributed by atoms with Crippen molar-refractivity contribution in [2.45, 2.75) is 13.0 Å². The van der Waals surface area contributed by atoms with Crippen molar-refractivity contribution in [3.8, 4) is 17.6 Å². The molecule has 1 unspecified atom stereocenters. The van der Waals surface area contributed by atoms with Gasteiger partial charge >= 0.3 is 0 Å². The normalized spacial score (nSPS) is 11.5. The molecule has 0 bridgehead atoms. The molecule has 86 valence electrons. The smallest absolute Gasteiger partial charge is 0.138 e. The number of rotatable bonds is 3. The zero-order chi connectivity index (χ0) is 12.0. The zero-order valence-corrected chi connectivity index (χ0v) is 9.03. The third kappa shape index (κ3) is 3.54. The van der Waals surface area contributed by atoms with Crippen molar-refractivity contribution in [2.75, 3.05) is 13.2 Å². The molecule has 0 radical (unpaired) electrons. The van der Waals surface area contributed by atoms with Crippen molar-refractivity contribution < 1.29 is 14.2 Å². The first-order chi connectivity index (χ1) is 7.67. The largest absolute Gasteiger partial charge is 0.487 e. The molecule has 1 aromatic carbocycles. The van der Waals surface area contributed by atoms with Crippen LogP contribution >= 0.6 is 0 Å². The molecule has 0 fully saturated rings. The van der Waals surface area contributed by atoms with Crippen LogP contribution in [-0.4, -0.2) is 24.4 Å². The monoisotopic (exact) mass is 223 g/mol. The van der Waals surface area contributed by atoms with Crippen LogP contribution in [0.15, 0.2) is 18.2 Å². The van der Waals surface area contributed by atoms with Crippen molar-refractivity contribution in [1.29, 1.82) is 0 Å². The van der Waals surface area contributed by atoms with Crippen molar-refractivity contribution in [1.82, 2.24) is 0 Å². The van der Waals surface area contributed by atoms with Gasteiger partial charge in [-0.05, 0) is 19.1 Å². The Bertz CT molecular complexity index is 409. The fraction of sp³-hybridized carbons (Fsp3) is 0.333. The van der Waals surface area contributed by atoms with E-state index < -0.39 is 11.9 Å². The van der Waals surface area contributed by atoms with Gasteiger partial charge in [0.05, 0.1) is 18.7 Å². The van der Waals surface area contributed by atoms with Gasteiger partial charge in [0.25, 0.3) is 0 Å². The molecule has 1 rings (SSSR count). The van der Waals surface area contributed by atoms with E-state index >= 15 is 0 Å². The van der Waals surface area contributed by atoms with Gasteiger partial charge in [-0.3, -0.25) is 0 Å². The van der Waals surface area contributed by atoms with Crippen LogP contribution in [0, 0.1) is 17.7 Å². The number of aliphatic hydroxyl groups is 1. The second-order valence-electron chi connectivity index (χ2n) is 3.26. The number of hydrogen-bond donors (Lipinski definition) is 2. The quantitative estimate of drug-likeness (QED) is 0.748. The SMILES string of the molecule is CC(CO)Oc1cc(F)ccc1C#CCN. The van der Waals surface area contributed by atoms with Crippen LogP contribution in [0.4, 0.5) is 4.39 Å². The molecule has 0 saturated heterocycles. The molecule has 4 heteroatoms. The number of ether oxygens (including phenoxy) is 1. The van der Waals surface area contributed by atoms with Crippen molar-refractivity contribution in [3.63, 3.8) is 0 Å². The standard InChI is InChI=1S/C12H14FNO2/c1-9(8-15)16-12-7-11(13)5-4-10(12)3-2-6-14/h4-5,7,9,15H,6,8,14H2,1H3. The molecular formula is C12H14FNO2. The summed E-state index contributed by atoms with van der Waals surface area (Å²) in [6.45, 7) is 1.78. The Labute approximate surface area is 94.0 Å². The molecule has 0 aliphatic heterocycles. The van der Waals surface area contributed by atoms with E-state index in [1.165, 1.54) is 18.2 Å². The summed E-state index contributed by atoms with van der Waals surface area (Å²) in [4.78, 5) is 0. The highest BCUT2D eigenvalue weighted by molar-refractivity contribution is 5.46. The van der Waals surface area contributed by atoms with Gasteiger partial charge in [0.15, 0.2) is 0 Å². The highest BCUT2D eigenvalue weighted by atomic mass is 19.1. The number of hydrogen-bond acceptors (Lipinski definition) is 3. The maximum absolute atomic E-state index is 13.0. The van der Waals surface area contributed by atoms with Gasteiger partial charge in [0, 0.05) is 6.07 Å². The van der Waals surface area contributed by atoms with Gasteiger partial charge in [0.2, 0.25) is 0 Å². The summed E-state index contributed by atoms with van der Waals surface area (Å²) in [6.07, 6.45) is -0.403. The molecule has 0 aliphatic rings. The van der Waals surface area contributed by atoms with Crippen LogP contribution < -0.4 is 10.5 Å². The van der Waals surface area contributed by atoms with Crippen molar-refractivity contribution in [3.05, 3.63) is 29.6 Å². The molecule has 3 nitrogen and oxygen atoms in total. The third-order valence-electron chi connectivity index (χ3n) is 1.85. The lowest BCUT2D eigenvalue weighted by Gasteiger charge is -2.13. The van der Waals surface area contributed by atoms with E-state index in [0.717, 1.165) is 0 Å². The predicted octanol–water partition coefficient (Wildman–Crippen LogP) is 0.896. The summed E-state index contributed by atoms with van der Waals surface area (Å²) in [5, 5.41) is 8.86. The Morgan fingerprint density at radius 3 is 2.94 bits per heavy atom. The van der Waals surface area contributed by atoms with E-state index in [2.05, 4.69) is 11.8 Å². The molecular weight excluding hydrogens is 209 g/mol. The van der Waals surface area contributed by atoms with Crippen molar-refractivity contribution in [2.24, 2.45) is 5.73 Å². The minimum atomic E-state index is -0.404. The average molecular weight is 223 g/mol. The first kappa shape index (κ1) is 12.5. The molecule has 0 amide bonds. The number of nitrogens with two attached hydrogens (primary N) is 1. The summed E-state index contributed by atoms with van der Waals surface area (Å²) in [6, 6.07) is 4.07. The average Bonchev–Trinajstić information content (AvgIpc) is 2.28.